The molecule has 2 aromatic rings. The Labute approximate surface area is 130 Å². The quantitative estimate of drug-likeness (QED) is 0.803. The molecule has 0 fully saturated rings. The van der Waals surface area contributed by atoms with E-state index in [1.807, 2.05) is 0 Å². The average Bonchev–Trinajstić information content (AvgIpc) is 2.94. The van der Waals surface area contributed by atoms with Gasteiger partial charge >= 0.3 is 0 Å². The Morgan fingerprint density at radius 1 is 1.38 bits per heavy atom. The van der Waals surface area contributed by atoms with Crippen LogP contribution in [0.1, 0.15) is 36.9 Å². The summed E-state index contributed by atoms with van der Waals surface area (Å²) in [7, 11) is 0. The van der Waals surface area contributed by atoms with E-state index in [2.05, 4.69) is 58.0 Å². The maximum atomic E-state index is 9.85. The number of nitriles is 1. The largest absolute Gasteiger partial charge is 0.239 e. The van der Waals surface area contributed by atoms with Crippen molar-refractivity contribution in [2.75, 3.05) is 0 Å². The Hall–Kier alpha value is -1.66. The summed E-state index contributed by atoms with van der Waals surface area (Å²) in [4.78, 5) is 6.22. The van der Waals surface area contributed by atoms with Crippen molar-refractivity contribution in [3.63, 3.8) is 0 Å². The highest BCUT2D eigenvalue weighted by molar-refractivity contribution is 7.15. The van der Waals surface area contributed by atoms with Gasteiger partial charge in [-0.15, -0.1) is 11.3 Å². The van der Waals surface area contributed by atoms with E-state index in [1.54, 1.807) is 11.3 Å². The van der Waals surface area contributed by atoms with Crippen LogP contribution < -0.4 is 0 Å². The first-order valence-corrected chi connectivity index (χ1v) is 8.29. The summed E-state index contributed by atoms with van der Waals surface area (Å²) in [5.74, 6) is 0.632. The molecule has 2 atom stereocenters. The van der Waals surface area contributed by atoms with E-state index in [0.29, 0.717) is 5.92 Å². The van der Waals surface area contributed by atoms with E-state index in [9.17, 15) is 5.26 Å². The molecule has 3 heteroatoms. The van der Waals surface area contributed by atoms with Crippen LogP contribution in [0.2, 0.25) is 0 Å². The molecule has 1 heterocycles. The predicted molar refractivity (Wildman–Crippen MR) is 87.3 cm³/mol. The van der Waals surface area contributed by atoms with Gasteiger partial charge in [-0.2, -0.15) is 5.26 Å². The second-order valence-corrected chi connectivity index (χ2v) is 7.43. The summed E-state index contributed by atoms with van der Waals surface area (Å²) >= 11 is 1.77. The van der Waals surface area contributed by atoms with E-state index >= 15 is 0 Å². The van der Waals surface area contributed by atoms with Crippen molar-refractivity contribution in [1.29, 1.82) is 5.26 Å². The number of aryl methyl sites for hydroxylation is 1. The van der Waals surface area contributed by atoms with Gasteiger partial charge in [-0.1, -0.05) is 45.0 Å². The molecule has 0 saturated carbocycles. The van der Waals surface area contributed by atoms with E-state index in [0.717, 1.165) is 17.1 Å². The molecule has 0 bridgehead atoms. The molecule has 2 nitrogen and oxygen atoms in total. The Morgan fingerprint density at radius 3 is 2.71 bits per heavy atom. The molecule has 0 aliphatic heterocycles. The van der Waals surface area contributed by atoms with Gasteiger partial charge in [0, 0.05) is 10.4 Å². The van der Waals surface area contributed by atoms with Crippen LogP contribution in [-0.2, 0) is 11.8 Å². The van der Waals surface area contributed by atoms with E-state index in [4.69, 9.17) is 4.98 Å². The molecule has 1 aromatic carbocycles. The third-order valence-corrected chi connectivity index (χ3v) is 5.94. The standard InChI is InChI=1S/C18H20N2S/c1-11(2)18(10-19)13(4)9-15-16(18)20-17(21-15)14-8-6-5-7-12(14)3/h5-8,11,13H,9H2,1-4H3/t13-,18+/m0/s1. The Bertz CT molecular complexity index is 723. The number of hydrogen-bond donors (Lipinski definition) is 0. The van der Waals surface area contributed by atoms with Crippen molar-refractivity contribution in [1.82, 2.24) is 4.98 Å². The van der Waals surface area contributed by atoms with Gasteiger partial charge in [-0.05, 0) is 30.7 Å². The minimum atomic E-state index is -0.424. The molecule has 108 valence electrons. The minimum absolute atomic E-state index is 0.283. The zero-order chi connectivity index (χ0) is 15.2. The highest BCUT2D eigenvalue weighted by atomic mass is 32.1. The predicted octanol–water partition coefficient (Wildman–Crippen LogP) is 4.73. The molecule has 1 aromatic heterocycles. The minimum Gasteiger partial charge on any atom is -0.239 e. The molecule has 0 spiro atoms. The van der Waals surface area contributed by atoms with Gasteiger partial charge in [0.15, 0.2) is 0 Å². The van der Waals surface area contributed by atoms with Crippen molar-refractivity contribution >= 4 is 11.3 Å². The number of nitrogens with zero attached hydrogens (tertiary/aromatic N) is 2. The fourth-order valence-electron chi connectivity index (χ4n) is 3.55. The van der Waals surface area contributed by atoms with Crippen LogP contribution in [0.25, 0.3) is 10.6 Å². The van der Waals surface area contributed by atoms with Crippen LogP contribution in [-0.4, -0.2) is 4.98 Å². The molecule has 0 unspecified atom stereocenters. The summed E-state index contributed by atoms with van der Waals surface area (Å²) < 4.78 is 0. The smallest absolute Gasteiger partial charge is 0.124 e. The molecule has 1 aliphatic carbocycles. The zero-order valence-corrected chi connectivity index (χ0v) is 13.8. The van der Waals surface area contributed by atoms with Crippen molar-refractivity contribution in [3.8, 4) is 16.6 Å². The second kappa shape index (κ2) is 4.96. The SMILES string of the molecule is Cc1ccccc1-c1nc2c(s1)C[C@H](C)[C@@]2(C#N)C(C)C. The third-order valence-electron chi connectivity index (χ3n) is 4.83. The topological polar surface area (TPSA) is 36.7 Å². The van der Waals surface area contributed by atoms with Gasteiger partial charge in [0.2, 0.25) is 0 Å². The average molecular weight is 296 g/mol. The third kappa shape index (κ3) is 1.93. The lowest BCUT2D eigenvalue weighted by Crippen LogP contribution is -2.34. The van der Waals surface area contributed by atoms with Crippen molar-refractivity contribution < 1.29 is 0 Å². The fourth-order valence-corrected chi connectivity index (χ4v) is 4.90. The molecule has 3 rings (SSSR count). The molecule has 0 N–H and O–H groups in total. The Morgan fingerprint density at radius 2 is 2.10 bits per heavy atom. The monoisotopic (exact) mass is 296 g/mol. The molecule has 21 heavy (non-hydrogen) atoms. The van der Waals surface area contributed by atoms with Gasteiger partial charge in [-0.25, -0.2) is 4.98 Å². The Balaban J connectivity index is 2.15. The second-order valence-electron chi connectivity index (χ2n) is 6.35. The zero-order valence-electron chi connectivity index (χ0n) is 13.0. The number of aromatic nitrogens is 1. The summed E-state index contributed by atoms with van der Waals surface area (Å²) in [5.41, 5.74) is 3.05. The summed E-state index contributed by atoms with van der Waals surface area (Å²) in [5, 5.41) is 10.9. The van der Waals surface area contributed by atoms with Crippen LogP contribution in [0, 0.1) is 30.1 Å². The summed E-state index contributed by atoms with van der Waals surface area (Å²) in [6, 6.07) is 10.9. The fraction of sp³-hybridized carbons (Fsp3) is 0.444. The summed E-state index contributed by atoms with van der Waals surface area (Å²) in [6.45, 7) is 8.58. The van der Waals surface area contributed by atoms with Crippen molar-refractivity contribution in [2.45, 2.75) is 39.5 Å². The molecule has 1 aliphatic rings. The number of rotatable bonds is 2. The van der Waals surface area contributed by atoms with Crippen molar-refractivity contribution in [2.24, 2.45) is 11.8 Å². The lowest BCUT2D eigenvalue weighted by molar-refractivity contribution is 0.296. The first kappa shape index (κ1) is 14.3. The maximum Gasteiger partial charge on any atom is 0.124 e. The number of hydrogen-bond acceptors (Lipinski definition) is 3. The van der Waals surface area contributed by atoms with Crippen molar-refractivity contribution in [3.05, 3.63) is 40.4 Å². The van der Waals surface area contributed by atoms with Gasteiger partial charge < -0.3 is 0 Å². The van der Waals surface area contributed by atoms with Gasteiger partial charge in [0.05, 0.1) is 11.8 Å². The maximum absolute atomic E-state index is 9.85. The van der Waals surface area contributed by atoms with Crippen LogP contribution in [0.3, 0.4) is 0 Å². The lowest BCUT2D eigenvalue weighted by atomic mass is 9.70. The highest BCUT2D eigenvalue weighted by Gasteiger charge is 2.50. The van der Waals surface area contributed by atoms with Crippen LogP contribution in [0.15, 0.2) is 24.3 Å². The first-order valence-electron chi connectivity index (χ1n) is 7.48. The molecule has 0 amide bonds. The number of benzene rings is 1. The van der Waals surface area contributed by atoms with E-state index in [1.165, 1.54) is 16.0 Å². The van der Waals surface area contributed by atoms with E-state index < -0.39 is 5.41 Å². The first-order chi connectivity index (χ1) is 10.0. The summed E-state index contributed by atoms with van der Waals surface area (Å²) in [6.07, 6.45) is 0.977. The highest BCUT2D eigenvalue weighted by Crippen LogP contribution is 2.50. The van der Waals surface area contributed by atoms with Gasteiger partial charge in [0.1, 0.15) is 10.4 Å². The van der Waals surface area contributed by atoms with E-state index in [-0.39, 0.29) is 5.92 Å². The number of fused-ring (bicyclic) bond motifs is 1. The molecular weight excluding hydrogens is 276 g/mol. The lowest BCUT2D eigenvalue weighted by Gasteiger charge is -2.30. The Kier molecular flexibility index (Phi) is 3.37. The van der Waals surface area contributed by atoms with Gasteiger partial charge in [-0.3, -0.25) is 0 Å². The van der Waals surface area contributed by atoms with Crippen LogP contribution >= 0.6 is 11.3 Å². The molecule has 0 radical (unpaired) electrons. The molecular formula is C18H20N2S. The van der Waals surface area contributed by atoms with Crippen LogP contribution in [0.5, 0.6) is 0 Å². The number of thiazole rings is 1. The van der Waals surface area contributed by atoms with Crippen LogP contribution in [0.4, 0.5) is 0 Å². The van der Waals surface area contributed by atoms with Gasteiger partial charge in [0.25, 0.3) is 0 Å². The molecule has 0 saturated heterocycles. The normalized spacial score (nSPS) is 24.1.